The molecule has 0 bridgehead atoms. The summed E-state index contributed by atoms with van der Waals surface area (Å²) in [6.45, 7) is 7.13. The lowest BCUT2D eigenvalue weighted by atomic mass is 9.93. The first-order valence-electron chi connectivity index (χ1n) is 13.4. The number of carbonyl (C=O) groups is 1. The summed E-state index contributed by atoms with van der Waals surface area (Å²) in [6, 6.07) is 3.42. The highest BCUT2D eigenvalue weighted by Gasteiger charge is 2.36. The second-order valence-electron chi connectivity index (χ2n) is 9.55. The Hall–Kier alpha value is -2.81. The zero-order valence-electron chi connectivity index (χ0n) is 22.8. The van der Waals surface area contributed by atoms with E-state index in [0.717, 1.165) is 67.7 Å². The fourth-order valence-electron chi connectivity index (χ4n) is 4.41. The number of ether oxygens (including phenoxy) is 1. The minimum atomic E-state index is -4.92. The van der Waals surface area contributed by atoms with Crippen LogP contribution in [0.1, 0.15) is 81.1 Å². The van der Waals surface area contributed by atoms with Crippen molar-refractivity contribution in [2.24, 2.45) is 10.2 Å². The molecule has 0 saturated heterocycles. The van der Waals surface area contributed by atoms with E-state index in [1.54, 1.807) is 12.1 Å². The molecule has 0 saturated carbocycles. The number of hydrogen-bond acceptors (Lipinski definition) is 10. The molecule has 1 aliphatic rings. The Balaban J connectivity index is 1.96. The normalized spacial score (nSPS) is 15.8. The maximum atomic E-state index is 13.0. The molecule has 40 heavy (non-hydrogen) atoms. The fraction of sp³-hybridized carbons (Fsp3) is 0.640. The third-order valence-electron chi connectivity index (χ3n) is 6.35. The summed E-state index contributed by atoms with van der Waals surface area (Å²) in [4.78, 5) is 14.3. The van der Waals surface area contributed by atoms with Gasteiger partial charge in [0.05, 0.1) is 12.3 Å². The number of alkyl halides is 3. The average molecular weight is 605 g/mol. The van der Waals surface area contributed by atoms with E-state index in [1.165, 1.54) is 0 Å². The Morgan fingerprint density at radius 1 is 1.15 bits per heavy atom. The van der Waals surface area contributed by atoms with Gasteiger partial charge in [0.1, 0.15) is 5.69 Å². The number of aromatic nitrogens is 2. The molecule has 15 heteroatoms. The number of nitrogens with one attached hydrogen (secondary N) is 1. The summed E-state index contributed by atoms with van der Waals surface area (Å²) in [5, 5.41) is 15.7. The summed E-state index contributed by atoms with van der Waals surface area (Å²) in [5.41, 5.74) is 1.58. The number of benzene rings is 1. The van der Waals surface area contributed by atoms with Crippen LogP contribution >= 0.6 is 11.3 Å². The van der Waals surface area contributed by atoms with E-state index in [0.29, 0.717) is 12.8 Å². The standard InChI is InChI=1S/C25H35F3N6O4S2/c1-4-7-9-12-34-18(6-3)11-10-17-14-19(20(15-21(17)34)33-40(36,37)16-25(26,27)28)29-31-24-32-30-22(39-24)23(35)38-13-8-5-2/h14-15,18,33H,4-13,16H2,1-3H3. The number of sulfonamides is 1. The number of esters is 1. The average Bonchev–Trinajstić information content (AvgIpc) is 3.35. The zero-order chi connectivity index (χ0) is 29.3. The van der Waals surface area contributed by atoms with Gasteiger partial charge in [-0.2, -0.15) is 13.2 Å². The van der Waals surface area contributed by atoms with Gasteiger partial charge in [0.2, 0.25) is 15.0 Å². The van der Waals surface area contributed by atoms with Crippen LogP contribution in [0.15, 0.2) is 22.4 Å². The van der Waals surface area contributed by atoms with Crippen molar-refractivity contribution in [1.82, 2.24) is 10.2 Å². The van der Waals surface area contributed by atoms with Crippen molar-refractivity contribution in [3.63, 3.8) is 0 Å². The molecule has 2 heterocycles. The van der Waals surface area contributed by atoms with Gasteiger partial charge in [0.25, 0.3) is 5.13 Å². The predicted octanol–water partition coefficient (Wildman–Crippen LogP) is 6.94. The van der Waals surface area contributed by atoms with Gasteiger partial charge in [-0.15, -0.1) is 20.4 Å². The van der Waals surface area contributed by atoms with Crippen molar-refractivity contribution in [3.8, 4) is 0 Å². The van der Waals surface area contributed by atoms with Gasteiger partial charge in [0, 0.05) is 18.3 Å². The van der Waals surface area contributed by atoms with Crippen LogP contribution in [0.2, 0.25) is 0 Å². The van der Waals surface area contributed by atoms with E-state index in [2.05, 4.69) is 43.9 Å². The first kappa shape index (κ1) is 31.7. The van der Waals surface area contributed by atoms with Crippen LogP contribution in [0.4, 0.5) is 35.4 Å². The lowest BCUT2D eigenvalue weighted by molar-refractivity contribution is -0.106. The monoisotopic (exact) mass is 604 g/mol. The lowest BCUT2D eigenvalue weighted by Crippen LogP contribution is -2.39. The van der Waals surface area contributed by atoms with Gasteiger partial charge in [-0.3, -0.25) is 4.72 Å². The summed E-state index contributed by atoms with van der Waals surface area (Å²) >= 11 is 0.836. The molecule has 3 rings (SSSR count). The molecular weight excluding hydrogens is 569 g/mol. The number of fused-ring (bicyclic) bond motifs is 1. The molecule has 1 atom stereocenters. The highest BCUT2D eigenvalue weighted by Crippen LogP contribution is 2.41. The number of carbonyl (C=O) groups excluding carboxylic acids is 1. The number of unbranched alkanes of at least 4 members (excludes halogenated alkanes) is 3. The molecule has 1 aromatic heterocycles. The molecule has 2 aromatic rings. The molecule has 0 spiro atoms. The largest absolute Gasteiger partial charge is 0.460 e. The summed E-state index contributed by atoms with van der Waals surface area (Å²) < 4.78 is 70.9. The van der Waals surface area contributed by atoms with E-state index in [4.69, 9.17) is 4.74 Å². The molecular formula is C25H35F3N6O4S2. The van der Waals surface area contributed by atoms with Crippen LogP contribution in [0.25, 0.3) is 0 Å². The Bertz CT molecular complexity index is 1280. The smallest absolute Gasteiger partial charge is 0.404 e. The summed E-state index contributed by atoms with van der Waals surface area (Å²) in [5.74, 6) is -2.68. The number of hydrogen-bond donors (Lipinski definition) is 1. The number of halogens is 3. The van der Waals surface area contributed by atoms with Crippen LogP contribution in [-0.4, -0.2) is 55.7 Å². The van der Waals surface area contributed by atoms with Gasteiger partial charge >= 0.3 is 12.1 Å². The highest BCUT2D eigenvalue weighted by atomic mass is 32.2. The minimum absolute atomic E-state index is 0.0106. The molecule has 1 aliphatic heterocycles. The minimum Gasteiger partial charge on any atom is -0.460 e. The molecule has 0 radical (unpaired) electrons. The fourth-order valence-corrected chi connectivity index (χ4v) is 5.97. The molecule has 1 aromatic carbocycles. The SMILES string of the molecule is CCCCCN1c2cc(NS(=O)(=O)CC(F)(F)F)c(N=Nc3nnc(C(=O)OCCCC)s3)cc2CCC1CC. The number of anilines is 2. The van der Waals surface area contributed by atoms with Crippen molar-refractivity contribution in [1.29, 1.82) is 0 Å². The van der Waals surface area contributed by atoms with Gasteiger partial charge < -0.3 is 9.64 Å². The van der Waals surface area contributed by atoms with E-state index >= 15 is 0 Å². The Morgan fingerprint density at radius 3 is 2.58 bits per heavy atom. The van der Waals surface area contributed by atoms with E-state index < -0.39 is 27.9 Å². The molecule has 10 nitrogen and oxygen atoms in total. The first-order valence-corrected chi connectivity index (χ1v) is 15.9. The predicted molar refractivity (Wildman–Crippen MR) is 148 cm³/mol. The summed E-state index contributed by atoms with van der Waals surface area (Å²) in [7, 11) is -4.78. The lowest BCUT2D eigenvalue weighted by Gasteiger charge is -2.39. The highest BCUT2D eigenvalue weighted by molar-refractivity contribution is 7.92. The molecule has 1 N–H and O–H groups in total. The van der Waals surface area contributed by atoms with Crippen molar-refractivity contribution in [2.75, 3.05) is 28.5 Å². The molecule has 0 fully saturated rings. The second kappa shape index (κ2) is 14.2. The van der Waals surface area contributed by atoms with Crippen LogP contribution < -0.4 is 9.62 Å². The van der Waals surface area contributed by atoms with Gasteiger partial charge in [-0.05, 0) is 49.8 Å². The number of rotatable bonds is 14. The van der Waals surface area contributed by atoms with E-state index in [1.807, 2.05) is 6.92 Å². The van der Waals surface area contributed by atoms with Crippen molar-refractivity contribution >= 4 is 49.5 Å². The second-order valence-corrected chi connectivity index (χ2v) is 12.2. The Morgan fingerprint density at radius 2 is 1.90 bits per heavy atom. The number of nitrogens with zero attached hydrogens (tertiary/aromatic N) is 5. The molecule has 0 amide bonds. The third-order valence-corrected chi connectivity index (χ3v) is 8.38. The maximum Gasteiger partial charge on any atom is 0.404 e. The number of aryl methyl sites for hydroxylation is 1. The van der Waals surface area contributed by atoms with E-state index in [-0.39, 0.29) is 34.2 Å². The molecule has 1 unspecified atom stereocenters. The van der Waals surface area contributed by atoms with Crippen molar-refractivity contribution in [3.05, 3.63) is 22.7 Å². The molecule has 0 aliphatic carbocycles. The van der Waals surface area contributed by atoms with Crippen molar-refractivity contribution < 1.29 is 31.1 Å². The first-order chi connectivity index (χ1) is 19.0. The molecule has 222 valence electrons. The Kier molecular flexibility index (Phi) is 11.3. The van der Waals surface area contributed by atoms with Crippen LogP contribution in [0.3, 0.4) is 0 Å². The zero-order valence-corrected chi connectivity index (χ0v) is 24.5. The summed E-state index contributed by atoms with van der Waals surface area (Å²) in [6.07, 6.45) is 2.08. The van der Waals surface area contributed by atoms with Gasteiger partial charge in [-0.1, -0.05) is 51.4 Å². The van der Waals surface area contributed by atoms with Crippen LogP contribution in [-0.2, 0) is 21.2 Å². The van der Waals surface area contributed by atoms with E-state index in [9.17, 15) is 26.4 Å². The van der Waals surface area contributed by atoms with Crippen molar-refractivity contribution in [2.45, 2.75) is 84.4 Å². The van der Waals surface area contributed by atoms with Gasteiger partial charge in [-0.25, -0.2) is 13.2 Å². The van der Waals surface area contributed by atoms with Gasteiger partial charge in [0.15, 0.2) is 5.75 Å². The van der Waals surface area contributed by atoms with Crippen LogP contribution in [0, 0.1) is 0 Å². The quantitative estimate of drug-likeness (QED) is 0.141. The van der Waals surface area contributed by atoms with Crippen LogP contribution in [0.5, 0.6) is 0 Å². The third kappa shape index (κ3) is 9.11. The topological polar surface area (TPSA) is 126 Å². The Labute approximate surface area is 236 Å². The maximum absolute atomic E-state index is 13.0. The number of azo groups is 1.